The summed E-state index contributed by atoms with van der Waals surface area (Å²) in [5, 5.41) is 20.0. The van der Waals surface area contributed by atoms with Gasteiger partial charge in [-0.15, -0.1) is 0 Å². The van der Waals surface area contributed by atoms with E-state index in [1.807, 2.05) is 12.1 Å². The van der Waals surface area contributed by atoms with Crippen LogP contribution in [0.25, 0.3) is 5.76 Å². The minimum Gasteiger partial charge on any atom is -0.434 e. The second-order valence-corrected chi connectivity index (χ2v) is 5.64. The van der Waals surface area contributed by atoms with Crippen molar-refractivity contribution in [3.05, 3.63) is 41.0 Å². The van der Waals surface area contributed by atoms with E-state index in [4.69, 9.17) is 23.7 Å². The predicted octanol–water partition coefficient (Wildman–Crippen LogP) is 1.59. The first-order chi connectivity index (χ1) is 12.5. The zero-order chi connectivity index (χ0) is 19.2. The smallest absolute Gasteiger partial charge is 0.387 e. The molecule has 0 amide bonds. The van der Waals surface area contributed by atoms with Gasteiger partial charge in [-0.25, -0.2) is 0 Å². The average molecular weight is 356 g/mol. The number of nitriles is 2. The van der Waals surface area contributed by atoms with E-state index >= 15 is 0 Å². The Labute approximate surface area is 150 Å². The van der Waals surface area contributed by atoms with Crippen LogP contribution >= 0.6 is 0 Å². The Morgan fingerprint density at radius 3 is 1.92 bits per heavy atom. The van der Waals surface area contributed by atoms with Gasteiger partial charge in [0.25, 0.3) is 0 Å². The Morgan fingerprint density at radius 1 is 0.923 bits per heavy atom. The summed E-state index contributed by atoms with van der Waals surface area (Å²) in [6, 6.07) is 10.4. The number of ether oxygens (including phenoxy) is 5. The second-order valence-electron chi connectivity index (χ2n) is 5.64. The third-order valence-electron chi connectivity index (χ3n) is 4.83. The standard InChI is InChI=1S/C18H16N2O6/c1-22-17(23-2)16(9-19,10-20)13-14(21)11-7-5-6-8-12(11)15(13)26-18(17,24-3)25-4/h5-8H,1-4H3. The molecule has 0 atom stereocenters. The fraction of sp³-hybridized carbons (Fsp3) is 0.389. The van der Waals surface area contributed by atoms with E-state index in [2.05, 4.69) is 0 Å². The number of benzene rings is 1. The lowest BCUT2D eigenvalue weighted by molar-refractivity contribution is -0.483. The SMILES string of the molecule is COC1(OC)OC2=C(C(=O)c3ccccc32)C(C#N)(C#N)C1(OC)OC. The van der Waals surface area contributed by atoms with E-state index < -0.39 is 23.0 Å². The van der Waals surface area contributed by atoms with Gasteiger partial charge in [-0.05, 0) is 0 Å². The highest BCUT2D eigenvalue weighted by atomic mass is 16.9. The molecule has 0 N–H and O–H groups in total. The van der Waals surface area contributed by atoms with Gasteiger partial charge in [-0.1, -0.05) is 24.3 Å². The van der Waals surface area contributed by atoms with Crippen LogP contribution in [0.4, 0.5) is 0 Å². The van der Waals surface area contributed by atoms with Crippen molar-refractivity contribution < 1.29 is 28.5 Å². The summed E-state index contributed by atoms with van der Waals surface area (Å²) in [7, 11) is 4.93. The van der Waals surface area contributed by atoms with Gasteiger partial charge >= 0.3 is 11.8 Å². The molecule has 1 aliphatic heterocycles. The lowest BCUT2D eigenvalue weighted by Gasteiger charge is -2.52. The average Bonchev–Trinajstić information content (AvgIpc) is 2.98. The highest BCUT2D eigenvalue weighted by Gasteiger charge is 2.77. The molecule has 0 saturated carbocycles. The summed E-state index contributed by atoms with van der Waals surface area (Å²) < 4.78 is 27.6. The molecule has 1 aliphatic carbocycles. The molecule has 8 heteroatoms. The number of carbonyl (C=O) groups excluding carboxylic acids is 1. The zero-order valence-electron chi connectivity index (χ0n) is 14.7. The molecule has 0 unspecified atom stereocenters. The van der Waals surface area contributed by atoms with Crippen molar-refractivity contribution in [3.63, 3.8) is 0 Å². The van der Waals surface area contributed by atoms with Crippen molar-refractivity contribution in [1.29, 1.82) is 10.5 Å². The molecule has 0 saturated heterocycles. The molecule has 0 fully saturated rings. The van der Waals surface area contributed by atoms with Gasteiger partial charge in [0.1, 0.15) is 5.76 Å². The maximum absolute atomic E-state index is 13.0. The third kappa shape index (κ3) is 1.72. The van der Waals surface area contributed by atoms with E-state index in [0.29, 0.717) is 11.1 Å². The molecule has 3 rings (SSSR count). The normalized spacial score (nSPS) is 21.2. The molecule has 26 heavy (non-hydrogen) atoms. The maximum Gasteiger partial charge on any atom is 0.387 e. The van der Waals surface area contributed by atoms with E-state index in [0.717, 1.165) is 0 Å². The molecule has 0 radical (unpaired) electrons. The monoisotopic (exact) mass is 356 g/mol. The van der Waals surface area contributed by atoms with Crippen molar-refractivity contribution >= 4 is 11.5 Å². The van der Waals surface area contributed by atoms with Crippen LogP contribution in [0, 0.1) is 28.1 Å². The minimum atomic E-state index is -2.22. The summed E-state index contributed by atoms with van der Waals surface area (Å²) in [6.07, 6.45) is 0. The minimum absolute atomic E-state index is 0.0297. The molecule has 8 nitrogen and oxygen atoms in total. The fourth-order valence-electron chi connectivity index (χ4n) is 3.65. The quantitative estimate of drug-likeness (QED) is 0.748. The van der Waals surface area contributed by atoms with Gasteiger partial charge in [-0.3, -0.25) is 4.79 Å². The molecule has 134 valence electrons. The lowest BCUT2D eigenvalue weighted by atomic mass is 9.70. The Bertz CT molecular complexity index is 870. The van der Waals surface area contributed by atoms with Gasteiger partial charge in [0.2, 0.25) is 5.41 Å². The number of rotatable bonds is 4. The van der Waals surface area contributed by atoms with Crippen LogP contribution < -0.4 is 0 Å². The fourth-order valence-corrected chi connectivity index (χ4v) is 3.65. The Balaban J connectivity index is 2.46. The van der Waals surface area contributed by atoms with Gasteiger partial charge in [0.15, 0.2) is 5.78 Å². The Kier molecular flexibility index (Phi) is 4.10. The van der Waals surface area contributed by atoms with E-state index in [-0.39, 0.29) is 11.3 Å². The van der Waals surface area contributed by atoms with Crippen LogP contribution in [0.15, 0.2) is 29.8 Å². The van der Waals surface area contributed by atoms with Crippen molar-refractivity contribution in [3.8, 4) is 12.1 Å². The Morgan fingerprint density at radius 2 is 1.46 bits per heavy atom. The number of methoxy groups -OCH3 is 4. The molecular weight excluding hydrogens is 340 g/mol. The van der Waals surface area contributed by atoms with Crippen LogP contribution in [0.3, 0.4) is 0 Å². The largest absolute Gasteiger partial charge is 0.434 e. The van der Waals surface area contributed by atoms with Crippen LogP contribution in [-0.2, 0) is 23.7 Å². The lowest BCUT2D eigenvalue weighted by Crippen LogP contribution is -2.71. The Hall–Kier alpha value is -2.75. The summed E-state index contributed by atoms with van der Waals surface area (Å²) in [5.74, 6) is -4.79. The van der Waals surface area contributed by atoms with Gasteiger partial charge in [0.05, 0.1) is 17.7 Å². The van der Waals surface area contributed by atoms with E-state index in [1.54, 1.807) is 24.3 Å². The van der Waals surface area contributed by atoms with Gasteiger partial charge < -0.3 is 23.7 Å². The first-order valence-corrected chi connectivity index (χ1v) is 7.59. The molecule has 1 aromatic rings. The number of hydrogen-bond acceptors (Lipinski definition) is 8. The summed E-state index contributed by atoms with van der Waals surface area (Å²) in [6.45, 7) is 0. The number of hydrogen-bond donors (Lipinski definition) is 0. The topological polar surface area (TPSA) is 111 Å². The summed E-state index contributed by atoms with van der Waals surface area (Å²) in [4.78, 5) is 13.0. The summed E-state index contributed by atoms with van der Waals surface area (Å²) >= 11 is 0. The molecule has 2 aliphatic rings. The van der Waals surface area contributed by atoms with Crippen molar-refractivity contribution in [1.82, 2.24) is 0 Å². The van der Waals surface area contributed by atoms with Gasteiger partial charge in [0, 0.05) is 39.6 Å². The maximum atomic E-state index is 13.0. The van der Waals surface area contributed by atoms with Crippen LogP contribution in [0.2, 0.25) is 0 Å². The second kappa shape index (κ2) is 5.90. The number of fused-ring (bicyclic) bond motifs is 2. The number of carbonyl (C=O) groups is 1. The van der Waals surface area contributed by atoms with Crippen molar-refractivity contribution in [2.75, 3.05) is 28.4 Å². The summed E-state index contributed by atoms with van der Waals surface area (Å²) in [5.41, 5.74) is -1.65. The molecule has 0 spiro atoms. The predicted molar refractivity (Wildman–Crippen MR) is 85.9 cm³/mol. The van der Waals surface area contributed by atoms with Crippen molar-refractivity contribution in [2.45, 2.75) is 11.8 Å². The first kappa shape index (κ1) is 18.1. The van der Waals surface area contributed by atoms with Gasteiger partial charge in [-0.2, -0.15) is 10.5 Å². The molecular formula is C18H16N2O6. The first-order valence-electron chi connectivity index (χ1n) is 7.59. The van der Waals surface area contributed by atoms with Crippen LogP contribution in [0.5, 0.6) is 0 Å². The zero-order valence-corrected chi connectivity index (χ0v) is 14.7. The highest BCUT2D eigenvalue weighted by molar-refractivity contribution is 6.21. The molecule has 1 aromatic carbocycles. The number of nitrogens with zero attached hydrogens (tertiary/aromatic N) is 2. The number of ketones is 1. The number of Topliss-reactive ketones (excluding diaryl/α,β-unsaturated/α-hetero) is 1. The van der Waals surface area contributed by atoms with Crippen molar-refractivity contribution in [2.24, 2.45) is 5.41 Å². The third-order valence-corrected chi connectivity index (χ3v) is 4.83. The highest BCUT2D eigenvalue weighted by Crippen LogP contribution is 2.59. The van der Waals surface area contributed by atoms with E-state index in [1.165, 1.54) is 28.4 Å². The van der Waals surface area contributed by atoms with Crippen LogP contribution in [-0.4, -0.2) is 46.0 Å². The van der Waals surface area contributed by atoms with Crippen LogP contribution in [0.1, 0.15) is 15.9 Å². The molecule has 0 aromatic heterocycles. The molecule has 0 bridgehead atoms. The van der Waals surface area contributed by atoms with E-state index in [9.17, 15) is 15.3 Å². The molecule has 1 heterocycles.